The Kier molecular flexibility index (Phi) is 3.94. The van der Waals surface area contributed by atoms with Crippen LogP contribution in [0.25, 0.3) is 11.1 Å². The molecule has 1 aromatic carbocycles. The third-order valence-corrected chi connectivity index (χ3v) is 4.07. The van der Waals surface area contributed by atoms with Crippen LogP contribution in [0, 0.1) is 0 Å². The number of nitrogens with one attached hydrogen (secondary N) is 2. The molecular formula is C15H16ClN3O2. The summed E-state index contributed by atoms with van der Waals surface area (Å²) in [4.78, 5) is 19.3. The van der Waals surface area contributed by atoms with E-state index in [1.807, 2.05) is 0 Å². The van der Waals surface area contributed by atoms with Crippen LogP contribution in [-0.4, -0.2) is 28.2 Å². The number of nitrogens with zero attached hydrogens (tertiary/aromatic N) is 1. The van der Waals surface area contributed by atoms with Gasteiger partial charge in [-0.2, -0.15) is 4.98 Å². The number of aromatic amines is 1. The maximum Gasteiger partial charge on any atom is 0.262 e. The molecule has 3 N–H and O–H groups in total. The summed E-state index contributed by atoms with van der Waals surface area (Å²) >= 11 is 6.09. The van der Waals surface area contributed by atoms with Crippen LogP contribution in [0.2, 0.25) is 5.02 Å². The maximum absolute atomic E-state index is 12.3. The van der Waals surface area contributed by atoms with Gasteiger partial charge in [0.2, 0.25) is 5.88 Å². The van der Waals surface area contributed by atoms with Gasteiger partial charge in [0, 0.05) is 23.0 Å². The Labute approximate surface area is 127 Å². The van der Waals surface area contributed by atoms with Crippen molar-refractivity contribution in [3.8, 4) is 17.0 Å². The molecule has 3 rings (SSSR count). The number of aromatic hydroxyl groups is 1. The van der Waals surface area contributed by atoms with E-state index in [0.29, 0.717) is 16.4 Å². The molecule has 0 saturated carbocycles. The molecule has 1 aliphatic rings. The number of H-pyrrole nitrogens is 1. The van der Waals surface area contributed by atoms with Gasteiger partial charge in [0.25, 0.3) is 5.56 Å². The highest BCUT2D eigenvalue weighted by Crippen LogP contribution is 2.31. The first-order valence-corrected chi connectivity index (χ1v) is 7.33. The van der Waals surface area contributed by atoms with Crippen molar-refractivity contribution in [2.24, 2.45) is 0 Å². The minimum atomic E-state index is -0.365. The molecule has 2 aromatic rings. The standard InChI is InChI=1S/C15H16ClN3O2/c16-11-6-2-1-5-10(11)12-14(20)18-13(19-15(12)21)9-4-3-7-17-8-9/h1-2,5-6,9,17H,3-4,7-8H2,(H2,18,19,20,21). The predicted molar refractivity (Wildman–Crippen MR) is 81.8 cm³/mol. The van der Waals surface area contributed by atoms with Crippen LogP contribution in [0.4, 0.5) is 0 Å². The van der Waals surface area contributed by atoms with E-state index >= 15 is 0 Å². The molecule has 1 unspecified atom stereocenters. The quantitative estimate of drug-likeness (QED) is 0.795. The normalized spacial score (nSPS) is 18.6. The first-order valence-electron chi connectivity index (χ1n) is 6.95. The highest BCUT2D eigenvalue weighted by Gasteiger charge is 2.21. The number of hydrogen-bond acceptors (Lipinski definition) is 4. The van der Waals surface area contributed by atoms with Crippen molar-refractivity contribution in [2.45, 2.75) is 18.8 Å². The summed E-state index contributed by atoms with van der Waals surface area (Å²) in [5.74, 6) is 0.380. The van der Waals surface area contributed by atoms with Gasteiger partial charge in [-0.1, -0.05) is 29.8 Å². The van der Waals surface area contributed by atoms with E-state index < -0.39 is 0 Å². The summed E-state index contributed by atoms with van der Waals surface area (Å²) in [6, 6.07) is 6.90. The van der Waals surface area contributed by atoms with Gasteiger partial charge in [0.15, 0.2) is 0 Å². The lowest BCUT2D eigenvalue weighted by atomic mass is 9.98. The number of aromatic nitrogens is 2. The fourth-order valence-electron chi connectivity index (χ4n) is 2.66. The smallest absolute Gasteiger partial charge is 0.262 e. The van der Waals surface area contributed by atoms with Crippen LogP contribution in [-0.2, 0) is 0 Å². The molecule has 1 aromatic heterocycles. The number of hydrogen-bond donors (Lipinski definition) is 3. The number of piperidine rings is 1. The lowest BCUT2D eigenvalue weighted by Gasteiger charge is -2.22. The zero-order valence-corrected chi connectivity index (χ0v) is 12.2. The molecule has 1 saturated heterocycles. The van der Waals surface area contributed by atoms with Crippen LogP contribution in [0.1, 0.15) is 24.6 Å². The Morgan fingerprint density at radius 3 is 2.81 bits per heavy atom. The van der Waals surface area contributed by atoms with Gasteiger partial charge in [0.1, 0.15) is 11.4 Å². The minimum Gasteiger partial charge on any atom is -0.493 e. The largest absolute Gasteiger partial charge is 0.493 e. The van der Waals surface area contributed by atoms with Gasteiger partial charge in [-0.05, 0) is 25.5 Å². The fourth-order valence-corrected chi connectivity index (χ4v) is 2.89. The third-order valence-electron chi connectivity index (χ3n) is 3.75. The van der Waals surface area contributed by atoms with E-state index in [9.17, 15) is 9.90 Å². The Hall–Kier alpha value is -1.85. The van der Waals surface area contributed by atoms with Gasteiger partial charge in [0.05, 0.1) is 0 Å². The molecule has 21 heavy (non-hydrogen) atoms. The SMILES string of the molecule is O=c1[nH]c(C2CCCNC2)nc(O)c1-c1ccccc1Cl. The monoisotopic (exact) mass is 305 g/mol. The van der Waals surface area contributed by atoms with Crippen molar-refractivity contribution in [2.75, 3.05) is 13.1 Å². The van der Waals surface area contributed by atoms with Crippen molar-refractivity contribution < 1.29 is 5.11 Å². The molecule has 0 amide bonds. The summed E-state index contributed by atoms with van der Waals surface area (Å²) in [5.41, 5.74) is 0.239. The first-order chi connectivity index (χ1) is 10.2. The zero-order chi connectivity index (χ0) is 14.8. The number of rotatable bonds is 2. The van der Waals surface area contributed by atoms with Crippen LogP contribution < -0.4 is 10.9 Å². The fraction of sp³-hybridized carbons (Fsp3) is 0.333. The van der Waals surface area contributed by atoms with Gasteiger partial charge >= 0.3 is 0 Å². The molecule has 0 aliphatic carbocycles. The Balaban J connectivity index is 2.05. The molecule has 110 valence electrons. The van der Waals surface area contributed by atoms with E-state index in [1.54, 1.807) is 24.3 Å². The summed E-state index contributed by atoms with van der Waals surface area (Å²) < 4.78 is 0. The molecule has 0 bridgehead atoms. The lowest BCUT2D eigenvalue weighted by molar-refractivity contribution is 0.421. The van der Waals surface area contributed by atoms with Gasteiger partial charge in [-0.25, -0.2) is 0 Å². The van der Waals surface area contributed by atoms with Crippen LogP contribution >= 0.6 is 11.6 Å². The molecule has 1 aliphatic heterocycles. The molecule has 6 heteroatoms. The van der Waals surface area contributed by atoms with Crippen LogP contribution in [0.5, 0.6) is 5.88 Å². The molecule has 1 fully saturated rings. The number of halogens is 1. The van der Waals surface area contributed by atoms with E-state index in [4.69, 9.17) is 11.6 Å². The van der Waals surface area contributed by atoms with Crippen LogP contribution in [0.3, 0.4) is 0 Å². The Morgan fingerprint density at radius 1 is 1.33 bits per heavy atom. The molecule has 0 radical (unpaired) electrons. The van der Waals surface area contributed by atoms with Crippen molar-refractivity contribution in [3.63, 3.8) is 0 Å². The second-order valence-corrected chi connectivity index (χ2v) is 5.58. The van der Waals surface area contributed by atoms with E-state index in [1.165, 1.54) is 0 Å². The minimum absolute atomic E-state index is 0.119. The highest BCUT2D eigenvalue weighted by molar-refractivity contribution is 6.33. The van der Waals surface area contributed by atoms with Gasteiger partial charge in [-0.15, -0.1) is 0 Å². The molecule has 0 spiro atoms. The van der Waals surface area contributed by atoms with E-state index in [2.05, 4.69) is 15.3 Å². The van der Waals surface area contributed by atoms with Crippen molar-refractivity contribution in [3.05, 3.63) is 45.5 Å². The second-order valence-electron chi connectivity index (χ2n) is 5.17. The lowest BCUT2D eigenvalue weighted by Crippen LogP contribution is -2.30. The molecule has 2 heterocycles. The highest BCUT2D eigenvalue weighted by atomic mass is 35.5. The average Bonchev–Trinajstić information content (AvgIpc) is 2.49. The van der Waals surface area contributed by atoms with Crippen molar-refractivity contribution in [1.82, 2.24) is 15.3 Å². The molecule has 1 atom stereocenters. The third kappa shape index (κ3) is 2.80. The Morgan fingerprint density at radius 2 is 2.14 bits per heavy atom. The molecule has 5 nitrogen and oxygen atoms in total. The number of benzene rings is 1. The van der Waals surface area contributed by atoms with E-state index in [-0.39, 0.29) is 22.9 Å². The summed E-state index contributed by atoms with van der Waals surface area (Å²) in [6.07, 6.45) is 1.97. The predicted octanol–water partition coefficient (Wildman–Crippen LogP) is 2.26. The molecular weight excluding hydrogens is 290 g/mol. The Bertz CT molecular complexity index is 708. The zero-order valence-electron chi connectivity index (χ0n) is 11.4. The second kappa shape index (κ2) is 5.87. The summed E-state index contributed by atoms with van der Waals surface area (Å²) in [7, 11) is 0. The van der Waals surface area contributed by atoms with Crippen molar-refractivity contribution >= 4 is 11.6 Å². The average molecular weight is 306 g/mol. The maximum atomic E-state index is 12.3. The van der Waals surface area contributed by atoms with E-state index in [0.717, 1.165) is 25.9 Å². The summed E-state index contributed by atoms with van der Waals surface area (Å²) in [6.45, 7) is 1.73. The van der Waals surface area contributed by atoms with Crippen LogP contribution in [0.15, 0.2) is 29.1 Å². The first kappa shape index (κ1) is 14.1. The summed E-state index contributed by atoms with van der Waals surface area (Å²) in [5, 5.41) is 13.8. The topological polar surface area (TPSA) is 78.0 Å². The van der Waals surface area contributed by atoms with Crippen molar-refractivity contribution in [1.29, 1.82) is 0 Å². The van der Waals surface area contributed by atoms with Gasteiger partial charge in [-0.3, -0.25) is 4.79 Å². The van der Waals surface area contributed by atoms with Gasteiger partial charge < -0.3 is 15.4 Å².